The number of urea groups is 1. The predicted molar refractivity (Wildman–Crippen MR) is 98.4 cm³/mol. The van der Waals surface area contributed by atoms with Crippen LogP contribution in [-0.4, -0.2) is 11.0 Å². The second kappa shape index (κ2) is 7.64. The van der Waals surface area contributed by atoms with Crippen molar-refractivity contribution in [2.75, 3.05) is 10.6 Å². The molecule has 1 aromatic heterocycles. The highest BCUT2D eigenvalue weighted by atomic mass is 35.5. The summed E-state index contributed by atoms with van der Waals surface area (Å²) in [5.41, 5.74) is 2.61. The number of benzene rings is 2. The van der Waals surface area contributed by atoms with Crippen LogP contribution in [0.1, 0.15) is 5.56 Å². The Morgan fingerprint density at radius 1 is 1.08 bits per heavy atom. The zero-order valence-corrected chi connectivity index (χ0v) is 14.1. The van der Waals surface area contributed by atoms with E-state index in [0.717, 1.165) is 5.56 Å². The number of hydrogen-bond donors (Lipinski definition) is 2. The highest BCUT2D eigenvalue weighted by Gasteiger charge is 2.10. The molecule has 26 heavy (non-hydrogen) atoms. The maximum Gasteiger partial charge on any atom is 0.323 e. The lowest BCUT2D eigenvalue weighted by molar-refractivity contribution is 0.262. The molecule has 2 amide bonds. The molecule has 3 rings (SSSR count). The van der Waals surface area contributed by atoms with E-state index in [0.29, 0.717) is 22.5 Å². The molecule has 5 nitrogen and oxygen atoms in total. The van der Waals surface area contributed by atoms with E-state index in [1.807, 2.05) is 6.07 Å². The smallest absolute Gasteiger partial charge is 0.308 e. The summed E-state index contributed by atoms with van der Waals surface area (Å²) in [4.78, 5) is 15.9. The van der Waals surface area contributed by atoms with Gasteiger partial charge in [0.15, 0.2) is 0 Å². The minimum absolute atomic E-state index is 0.140. The molecule has 0 unspecified atom stereocenters. The van der Waals surface area contributed by atoms with Gasteiger partial charge in [-0.25, -0.2) is 14.2 Å². The van der Waals surface area contributed by atoms with Crippen LogP contribution in [0.2, 0.25) is 5.15 Å². The van der Waals surface area contributed by atoms with Crippen LogP contribution in [0.5, 0.6) is 0 Å². The summed E-state index contributed by atoms with van der Waals surface area (Å²) < 4.78 is 13.1. The van der Waals surface area contributed by atoms with Crippen LogP contribution < -0.4 is 10.6 Å². The molecule has 0 saturated heterocycles. The largest absolute Gasteiger partial charge is 0.323 e. The number of nitriles is 1. The van der Waals surface area contributed by atoms with Gasteiger partial charge in [-0.3, -0.25) is 0 Å². The average molecular weight is 367 g/mol. The van der Waals surface area contributed by atoms with E-state index in [1.165, 1.54) is 24.4 Å². The normalized spacial score (nSPS) is 10.0. The number of nitrogens with zero attached hydrogens (tertiary/aromatic N) is 2. The third kappa shape index (κ3) is 3.97. The van der Waals surface area contributed by atoms with Gasteiger partial charge >= 0.3 is 6.03 Å². The topological polar surface area (TPSA) is 77.8 Å². The number of halogens is 2. The van der Waals surface area contributed by atoms with E-state index in [4.69, 9.17) is 11.6 Å². The van der Waals surface area contributed by atoms with Crippen LogP contribution in [0.4, 0.5) is 20.6 Å². The summed E-state index contributed by atoms with van der Waals surface area (Å²) in [6, 6.07) is 15.7. The van der Waals surface area contributed by atoms with E-state index in [1.54, 1.807) is 36.4 Å². The Hall–Kier alpha value is -3.43. The predicted octanol–water partition coefficient (Wildman–Crippen LogP) is 5.06. The van der Waals surface area contributed by atoms with Crippen molar-refractivity contribution in [3.05, 3.63) is 77.3 Å². The highest BCUT2D eigenvalue weighted by molar-refractivity contribution is 6.31. The first kappa shape index (κ1) is 17.4. The number of carbonyl (C=O) groups excluding carboxylic acids is 1. The highest BCUT2D eigenvalue weighted by Crippen LogP contribution is 2.28. The number of rotatable bonds is 3. The Kier molecular flexibility index (Phi) is 5.11. The van der Waals surface area contributed by atoms with Crippen LogP contribution in [-0.2, 0) is 0 Å². The fourth-order valence-electron chi connectivity index (χ4n) is 2.38. The number of carbonyl (C=O) groups is 1. The van der Waals surface area contributed by atoms with Crippen LogP contribution in [0.3, 0.4) is 0 Å². The van der Waals surface area contributed by atoms with Crippen molar-refractivity contribution < 1.29 is 9.18 Å². The summed E-state index contributed by atoms with van der Waals surface area (Å²) in [5.74, 6) is -0.434. The van der Waals surface area contributed by atoms with E-state index in [-0.39, 0.29) is 5.15 Å². The van der Waals surface area contributed by atoms with Gasteiger partial charge in [0.25, 0.3) is 0 Å². The summed E-state index contributed by atoms with van der Waals surface area (Å²) in [6.07, 6.45) is 1.52. The standard InChI is InChI=1S/C19H12ClFN4O/c20-18-17(11-22)16(8-9-23-18)12-4-6-14(7-5-12)24-19(26)25-15-3-1-2-13(21)10-15/h1-10H,(H2,24,25,26). The number of hydrogen-bond acceptors (Lipinski definition) is 3. The van der Waals surface area contributed by atoms with Crippen LogP contribution in [0.15, 0.2) is 60.8 Å². The lowest BCUT2D eigenvalue weighted by Crippen LogP contribution is -2.19. The molecule has 3 aromatic rings. The number of nitrogens with one attached hydrogen (secondary N) is 2. The van der Waals surface area contributed by atoms with Crippen molar-refractivity contribution in [1.29, 1.82) is 5.26 Å². The van der Waals surface area contributed by atoms with Crippen molar-refractivity contribution in [3.63, 3.8) is 0 Å². The van der Waals surface area contributed by atoms with E-state index >= 15 is 0 Å². The Morgan fingerprint density at radius 3 is 2.50 bits per heavy atom. The minimum Gasteiger partial charge on any atom is -0.308 e. The fourth-order valence-corrected chi connectivity index (χ4v) is 2.58. The molecular weight excluding hydrogens is 355 g/mol. The lowest BCUT2D eigenvalue weighted by atomic mass is 10.0. The summed E-state index contributed by atoms with van der Waals surface area (Å²) in [6.45, 7) is 0. The Balaban J connectivity index is 1.73. The summed E-state index contributed by atoms with van der Waals surface area (Å²) in [5, 5.41) is 14.6. The lowest BCUT2D eigenvalue weighted by Gasteiger charge is -2.09. The number of anilines is 2. The molecular formula is C19H12ClFN4O. The van der Waals surface area contributed by atoms with Gasteiger partial charge < -0.3 is 10.6 Å². The zero-order chi connectivity index (χ0) is 18.5. The average Bonchev–Trinajstić information content (AvgIpc) is 2.62. The third-order valence-corrected chi connectivity index (χ3v) is 3.84. The Labute approximate surface area is 154 Å². The van der Waals surface area contributed by atoms with Gasteiger partial charge in [-0.05, 0) is 42.0 Å². The molecule has 0 radical (unpaired) electrons. The quantitative estimate of drug-likeness (QED) is 0.636. The van der Waals surface area contributed by atoms with Crippen LogP contribution in [0.25, 0.3) is 11.1 Å². The first-order chi connectivity index (χ1) is 12.6. The van der Waals surface area contributed by atoms with E-state index in [2.05, 4.69) is 15.6 Å². The van der Waals surface area contributed by atoms with Crippen molar-refractivity contribution in [2.24, 2.45) is 0 Å². The number of aromatic nitrogens is 1. The van der Waals surface area contributed by atoms with Gasteiger partial charge in [-0.2, -0.15) is 5.26 Å². The molecule has 0 aliphatic carbocycles. The molecule has 128 valence electrons. The first-order valence-electron chi connectivity index (χ1n) is 7.55. The zero-order valence-electron chi connectivity index (χ0n) is 13.3. The molecule has 7 heteroatoms. The molecule has 0 aliphatic heterocycles. The van der Waals surface area contributed by atoms with Crippen molar-refractivity contribution in [2.45, 2.75) is 0 Å². The maximum atomic E-state index is 13.1. The minimum atomic E-state index is -0.493. The van der Waals surface area contributed by atoms with Crippen molar-refractivity contribution >= 4 is 29.0 Å². The molecule has 0 saturated carbocycles. The van der Waals surface area contributed by atoms with Crippen LogP contribution in [0, 0.1) is 17.1 Å². The molecule has 0 spiro atoms. The second-order valence-electron chi connectivity index (χ2n) is 5.30. The molecule has 2 aromatic carbocycles. The van der Waals surface area contributed by atoms with Crippen LogP contribution >= 0.6 is 11.6 Å². The maximum absolute atomic E-state index is 13.1. The van der Waals surface area contributed by atoms with Gasteiger partial charge in [0.05, 0.1) is 5.56 Å². The van der Waals surface area contributed by atoms with E-state index in [9.17, 15) is 14.4 Å². The van der Waals surface area contributed by atoms with Crippen molar-refractivity contribution in [1.82, 2.24) is 4.98 Å². The number of pyridine rings is 1. The molecule has 2 N–H and O–H groups in total. The third-order valence-electron chi connectivity index (χ3n) is 3.55. The first-order valence-corrected chi connectivity index (χ1v) is 7.93. The molecule has 1 heterocycles. The number of amides is 2. The summed E-state index contributed by atoms with van der Waals surface area (Å²) in [7, 11) is 0. The van der Waals surface area contributed by atoms with Crippen molar-refractivity contribution in [3.8, 4) is 17.2 Å². The molecule has 0 bridgehead atoms. The second-order valence-corrected chi connectivity index (χ2v) is 5.66. The fraction of sp³-hybridized carbons (Fsp3) is 0. The van der Waals surface area contributed by atoms with Gasteiger partial charge in [0.2, 0.25) is 0 Å². The Bertz CT molecular complexity index is 999. The molecule has 0 atom stereocenters. The SMILES string of the molecule is N#Cc1c(-c2ccc(NC(=O)Nc3cccc(F)c3)cc2)ccnc1Cl. The Morgan fingerprint density at radius 2 is 1.81 bits per heavy atom. The molecule has 0 fully saturated rings. The van der Waals surface area contributed by atoms with Gasteiger partial charge in [-0.15, -0.1) is 0 Å². The monoisotopic (exact) mass is 366 g/mol. The van der Waals surface area contributed by atoms with E-state index < -0.39 is 11.8 Å². The molecule has 0 aliphatic rings. The van der Waals surface area contributed by atoms with Gasteiger partial charge in [0.1, 0.15) is 17.0 Å². The van der Waals surface area contributed by atoms with Gasteiger partial charge in [0, 0.05) is 23.1 Å². The summed E-state index contributed by atoms with van der Waals surface area (Å²) >= 11 is 5.94. The van der Waals surface area contributed by atoms with Gasteiger partial charge in [-0.1, -0.05) is 29.8 Å².